The molecule has 1 unspecified atom stereocenters. The fourth-order valence-corrected chi connectivity index (χ4v) is 3.91. The van der Waals surface area contributed by atoms with Crippen LogP contribution in [-0.2, 0) is 12.8 Å². The number of hydrogen-bond acceptors (Lipinski definition) is 2. The van der Waals surface area contributed by atoms with Crippen LogP contribution in [0.2, 0.25) is 0 Å². The van der Waals surface area contributed by atoms with Gasteiger partial charge < -0.3 is 5.32 Å². The van der Waals surface area contributed by atoms with E-state index in [1.807, 2.05) is 11.3 Å². The van der Waals surface area contributed by atoms with Gasteiger partial charge in [0.25, 0.3) is 0 Å². The number of hydrogen-bond donors (Lipinski definition) is 1. The van der Waals surface area contributed by atoms with Gasteiger partial charge in [0.1, 0.15) is 0 Å². The van der Waals surface area contributed by atoms with Crippen molar-refractivity contribution in [3.05, 3.63) is 55.1 Å². The first-order chi connectivity index (χ1) is 9.17. The van der Waals surface area contributed by atoms with E-state index in [-0.39, 0.29) is 0 Å². The lowest BCUT2D eigenvalue weighted by Crippen LogP contribution is -2.32. The SMILES string of the molecule is CCNC(Cc1ccc(Br)cc1)Cc1cc(Br)cs1. The molecule has 4 heteroatoms. The van der Waals surface area contributed by atoms with Gasteiger partial charge in [-0.2, -0.15) is 0 Å². The van der Waals surface area contributed by atoms with Crippen molar-refractivity contribution in [1.82, 2.24) is 5.32 Å². The van der Waals surface area contributed by atoms with E-state index in [4.69, 9.17) is 0 Å². The molecule has 1 N–H and O–H groups in total. The molecule has 0 saturated heterocycles. The minimum absolute atomic E-state index is 0.497. The maximum Gasteiger partial charge on any atom is 0.0285 e. The van der Waals surface area contributed by atoms with Crippen molar-refractivity contribution in [2.75, 3.05) is 6.54 Å². The highest BCUT2D eigenvalue weighted by Gasteiger charge is 2.11. The number of thiophene rings is 1. The highest BCUT2D eigenvalue weighted by molar-refractivity contribution is 9.10. The topological polar surface area (TPSA) is 12.0 Å². The van der Waals surface area contributed by atoms with Gasteiger partial charge in [0.2, 0.25) is 0 Å². The molecule has 0 amide bonds. The summed E-state index contributed by atoms with van der Waals surface area (Å²) in [5, 5.41) is 5.73. The summed E-state index contributed by atoms with van der Waals surface area (Å²) in [5.74, 6) is 0. The van der Waals surface area contributed by atoms with Crippen LogP contribution in [0, 0.1) is 0 Å². The number of benzene rings is 1. The second-order valence-corrected chi connectivity index (χ2v) is 7.35. The molecular weight excluding hydrogens is 386 g/mol. The van der Waals surface area contributed by atoms with E-state index in [1.165, 1.54) is 14.9 Å². The molecule has 1 aromatic carbocycles. The summed E-state index contributed by atoms with van der Waals surface area (Å²) in [6, 6.07) is 11.3. The van der Waals surface area contributed by atoms with Gasteiger partial charge in [-0.05, 0) is 59.1 Å². The molecule has 0 fully saturated rings. The lowest BCUT2D eigenvalue weighted by atomic mass is 10.0. The van der Waals surface area contributed by atoms with Crippen LogP contribution in [0.4, 0.5) is 0 Å². The van der Waals surface area contributed by atoms with E-state index in [0.29, 0.717) is 6.04 Å². The van der Waals surface area contributed by atoms with Crippen molar-refractivity contribution in [3.63, 3.8) is 0 Å². The van der Waals surface area contributed by atoms with Crippen molar-refractivity contribution in [2.45, 2.75) is 25.8 Å². The smallest absolute Gasteiger partial charge is 0.0285 e. The van der Waals surface area contributed by atoms with Crippen LogP contribution in [-0.4, -0.2) is 12.6 Å². The third-order valence-corrected chi connectivity index (χ3v) is 5.21. The zero-order chi connectivity index (χ0) is 13.7. The summed E-state index contributed by atoms with van der Waals surface area (Å²) >= 11 is 8.82. The van der Waals surface area contributed by atoms with E-state index in [1.54, 1.807) is 0 Å². The molecule has 102 valence electrons. The lowest BCUT2D eigenvalue weighted by molar-refractivity contribution is 0.524. The van der Waals surface area contributed by atoms with Crippen molar-refractivity contribution in [1.29, 1.82) is 0 Å². The van der Waals surface area contributed by atoms with E-state index >= 15 is 0 Å². The molecule has 1 heterocycles. The number of likely N-dealkylation sites (N-methyl/N-ethyl adjacent to an activating group) is 1. The second-order valence-electron chi connectivity index (χ2n) is 4.52. The van der Waals surface area contributed by atoms with Crippen LogP contribution in [0.3, 0.4) is 0 Å². The van der Waals surface area contributed by atoms with Gasteiger partial charge in [-0.15, -0.1) is 11.3 Å². The average Bonchev–Trinajstić information content (AvgIpc) is 2.78. The van der Waals surface area contributed by atoms with E-state index in [0.717, 1.165) is 23.9 Å². The molecule has 2 rings (SSSR count). The minimum Gasteiger partial charge on any atom is -0.314 e. The molecule has 0 radical (unpaired) electrons. The zero-order valence-electron chi connectivity index (χ0n) is 10.8. The van der Waals surface area contributed by atoms with Crippen LogP contribution in [0.1, 0.15) is 17.4 Å². The lowest BCUT2D eigenvalue weighted by Gasteiger charge is -2.17. The van der Waals surface area contributed by atoms with Crippen molar-refractivity contribution < 1.29 is 0 Å². The Balaban J connectivity index is 2.01. The molecule has 19 heavy (non-hydrogen) atoms. The molecule has 0 aliphatic heterocycles. The first-order valence-corrected chi connectivity index (χ1v) is 8.84. The van der Waals surface area contributed by atoms with Crippen LogP contribution < -0.4 is 5.32 Å². The van der Waals surface area contributed by atoms with Crippen molar-refractivity contribution in [2.24, 2.45) is 0 Å². The van der Waals surface area contributed by atoms with Crippen LogP contribution in [0.25, 0.3) is 0 Å². The Morgan fingerprint density at radius 3 is 2.42 bits per heavy atom. The Labute approximate surface area is 135 Å². The third-order valence-electron chi connectivity index (χ3n) is 2.96. The normalized spacial score (nSPS) is 12.6. The Kier molecular flexibility index (Phi) is 6.07. The maximum absolute atomic E-state index is 3.58. The molecule has 0 aliphatic carbocycles. The predicted octanol–water partition coefficient (Wildman–Crippen LogP) is 5.04. The fraction of sp³-hybridized carbons (Fsp3) is 0.333. The van der Waals surface area contributed by atoms with E-state index in [2.05, 4.69) is 79.8 Å². The Morgan fingerprint density at radius 2 is 1.84 bits per heavy atom. The molecule has 1 aromatic heterocycles. The van der Waals surface area contributed by atoms with Gasteiger partial charge in [0.05, 0.1) is 0 Å². The minimum atomic E-state index is 0.497. The second kappa shape index (κ2) is 7.58. The van der Waals surface area contributed by atoms with E-state index in [9.17, 15) is 0 Å². The molecule has 2 aromatic rings. The van der Waals surface area contributed by atoms with Crippen LogP contribution >= 0.6 is 43.2 Å². The average molecular weight is 403 g/mol. The molecule has 0 saturated carbocycles. The van der Waals surface area contributed by atoms with E-state index < -0.39 is 0 Å². The summed E-state index contributed by atoms with van der Waals surface area (Å²) in [6.45, 7) is 3.17. The first kappa shape index (κ1) is 15.2. The van der Waals surface area contributed by atoms with Gasteiger partial charge in [0.15, 0.2) is 0 Å². The number of halogens is 2. The summed E-state index contributed by atoms with van der Waals surface area (Å²) in [7, 11) is 0. The van der Waals surface area contributed by atoms with Crippen LogP contribution in [0.5, 0.6) is 0 Å². The summed E-state index contributed by atoms with van der Waals surface area (Å²) in [5.41, 5.74) is 1.38. The maximum atomic E-state index is 3.58. The van der Waals surface area contributed by atoms with Crippen LogP contribution in [0.15, 0.2) is 44.7 Å². The Hall–Kier alpha value is -0.160. The van der Waals surface area contributed by atoms with Crippen molar-refractivity contribution >= 4 is 43.2 Å². The largest absolute Gasteiger partial charge is 0.314 e. The van der Waals surface area contributed by atoms with Gasteiger partial charge in [-0.1, -0.05) is 35.0 Å². The van der Waals surface area contributed by atoms with Gasteiger partial charge >= 0.3 is 0 Å². The highest BCUT2D eigenvalue weighted by atomic mass is 79.9. The fourth-order valence-electron chi connectivity index (χ4n) is 2.11. The summed E-state index contributed by atoms with van der Waals surface area (Å²) in [4.78, 5) is 1.43. The Bertz CT molecular complexity index is 507. The monoisotopic (exact) mass is 401 g/mol. The number of nitrogens with one attached hydrogen (secondary N) is 1. The first-order valence-electron chi connectivity index (χ1n) is 6.38. The van der Waals surface area contributed by atoms with Gasteiger partial charge in [-0.25, -0.2) is 0 Å². The summed E-state index contributed by atoms with van der Waals surface area (Å²) < 4.78 is 2.32. The predicted molar refractivity (Wildman–Crippen MR) is 91.0 cm³/mol. The molecule has 0 spiro atoms. The Morgan fingerprint density at radius 1 is 1.11 bits per heavy atom. The van der Waals surface area contributed by atoms with Crippen molar-refractivity contribution in [3.8, 4) is 0 Å². The van der Waals surface area contributed by atoms with Gasteiger partial charge in [0, 0.05) is 25.2 Å². The molecular formula is C15H17Br2NS. The molecule has 0 bridgehead atoms. The standard InChI is InChI=1S/C15H17Br2NS/c1-2-18-14(9-15-8-13(17)10-19-15)7-11-3-5-12(16)6-4-11/h3-6,8,10,14,18H,2,7,9H2,1H3. The summed E-state index contributed by atoms with van der Waals surface area (Å²) in [6.07, 6.45) is 2.15. The zero-order valence-corrected chi connectivity index (χ0v) is 14.8. The molecule has 1 atom stereocenters. The van der Waals surface area contributed by atoms with Gasteiger partial charge in [-0.3, -0.25) is 0 Å². The quantitative estimate of drug-likeness (QED) is 0.713. The highest BCUT2D eigenvalue weighted by Crippen LogP contribution is 2.22. The third kappa shape index (κ3) is 5.03. The molecule has 0 aliphatic rings. The number of rotatable bonds is 6. The molecule has 1 nitrogen and oxygen atoms in total.